The second kappa shape index (κ2) is 8.88. The molecule has 0 saturated heterocycles. The molecule has 25 heavy (non-hydrogen) atoms. The van der Waals surface area contributed by atoms with Crippen molar-refractivity contribution in [2.45, 2.75) is 6.42 Å². The highest BCUT2D eigenvalue weighted by Gasteiger charge is 2.12. The summed E-state index contributed by atoms with van der Waals surface area (Å²) in [7, 11) is 5.99. The second-order valence-corrected chi connectivity index (χ2v) is 5.58. The van der Waals surface area contributed by atoms with Crippen LogP contribution in [-0.2, 0) is 16.0 Å². The van der Waals surface area contributed by atoms with Crippen molar-refractivity contribution in [2.75, 3.05) is 33.9 Å². The van der Waals surface area contributed by atoms with Gasteiger partial charge in [0.15, 0.2) is 11.5 Å². The average Bonchev–Trinajstić information content (AvgIpc) is 3.07. The second-order valence-electron chi connectivity index (χ2n) is 4.73. The Hall–Kier alpha value is -2.81. The van der Waals surface area contributed by atoms with Gasteiger partial charge in [0.1, 0.15) is 0 Å². The van der Waals surface area contributed by atoms with Crippen LogP contribution in [0.25, 0.3) is 0 Å². The number of thiazole rings is 1. The number of nitrogens with zero attached hydrogens (tertiary/aromatic N) is 2. The number of benzene rings is 1. The minimum absolute atomic E-state index is 0.130. The van der Waals surface area contributed by atoms with Crippen LogP contribution in [0.4, 0.5) is 5.13 Å². The number of ether oxygens (including phenoxy) is 4. The van der Waals surface area contributed by atoms with E-state index in [-0.39, 0.29) is 12.4 Å². The zero-order valence-electron chi connectivity index (χ0n) is 14.4. The third kappa shape index (κ3) is 4.83. The smallest absolute Gasteiger partial charge is 0.311 e. The lowest BCUT2D eigenvalue weighted by molar-refractivity contribution is -0.139. The Morgan fingerprint density at radius 3 is 2.44 bits per heavy atom. The molecule has 2 rings (SSSR count). The first kappa shape index (κ1) is 18.5. The van der Waals surface area contributed by atoms with E-state index in [0.29, 0.717) is 28.1 Å². The highest BCUT2D eigenvalue weighted by atomic mass is 32.1. The highest BCUT2D eigenvalue weighted by molar-refractivity contribution is 7.13. The molecule has 8 nitrogen and oxygen atoms in total. The highest BCUT2D eigenvalue weighted by Crippen LogP contribution is 2.37. The monoisotopic (exact) mass is 365 g/mol. The Balaban J connectivity index is 2.08. The van der Waals surface area contributed by atoms with Crippen molar-refractivity contribution in [3.05, 3.63) is 28.8 Å². The summed E-state index contributed by atoms with van der Waals surface area (Å²) in [5.74, 6) is 1.26. The Kier molecular flexibility index (Phi) is 6.58. The van der Waals surface area contributed by atoms with Crippen molar-refractivity contribution in [3.63, 3.8) is 0 Å². The molecule has 0 saturated carbocycles. The van der Waals surface area contributed by atoms with Crippen LogP contribution < -0.4 is 19.6 Å². The molecule has 0 unspecified atom stereocenters. The maximum atomic E-state index is 11.2. The van der Waals surface area contributed by atoms with Crippen molar-refractivity contribution < 1.29 is 23.7 Å². The predicted octanol–water partition coefficient (Wildman–Crippen LogP) is 2.33. The molecule has 1 aromatic heterocycles. The van der Waals surface area contributed by atoms with E-state index in [0.717, 1.165) is 5.56 Å². The number of anilines is 1. The van der Waals surface area contributed by atoms with E-state index in [1.165, 1.54) is 18.4 Å². The number of hydrogen-bond acceptors (Lipinski definition) is 9. The Bertz CT molecular complexity index is 735. The van der Waals surface area contributed by atoms with Crippen LogP contribution >= 0.6 is 11.3 Å². The van der Waals surface area contributed by atoms with Crippen molar-refractivity contribution in [3.8, 4) is 17.2 Å². The minimum atomic E-state index is -0.335. The molecular formula is C16H19N3O5S. The van der Waals surface area contributed by atoms with Gasteiger partial charge in [-0.15, -0.1) is 11.3 Å². The number of carbonyl (C=O) groups excluding carboxylic acids is 1. The summed E-state index contributed by atoms with van der Waals surface area (Å²) in [5.41, 5.74) is 4.21. The van der Waals surface area contributed by atoms with Gasteiger partial charge in [0.05, 0.1) is 46.8 Å². The quantitative estimate of drug-likeness (QED) is 0.436. The van der Waals surface area contributed by atoms with Gasteiger partial charge in [-0.25, -0.2) is 4.98 Å². The van der Waals surface area contributed by atoms with Gasteiger partial charge in [0.25, 0.3) is 0 Å². The van der Waals surface area contributed by atoms with E-state index >= 15 is 0 Å². The maximum Gasteiger partial charge on any atom is 0.311 e. The summed E-state index contributed by atoms with van der Waals surface area (Å²) in [5, 5.41) is 6.48. The van der Waals surface area contributed by atoms with E-state index in [1.54, 1.807) is 45.1 Å². The predicted molar refractivity (Wildman–Crippen MR) is 95.1 cm³/mol. The summed E-state index contributed by atoms with van der Waals surface area (Å²) in [6.07, 6.45) is 1.73. The molecule has 2 aromatic rings. The van der Waals surface area contributed by atoms with E-state index in [4.69, 9.17) is 14.2 Å². The van der Waals surface area contributed by atoms with Crippen LogP contribution in [0.5, 0.6) is 17.2 Å². The first-order chi connectivity index (χ1) is 12.1. The van der Waals surface area contributed by atoms with Crippen LogP contribution in [0.1, 0.15) is 11.3 Å². The number of hydrogen-bond donors (Lipinski definition) is 1. The number of nitrogens with one attached hydrogen (secondary N) is 1. The normalized spacial score (nSPS) is 10.6. The minimum Gasteiger partial charge on any atom is -0.493 e. The lowest BCUT2D eigenvalue weighted by Crippen LogP contribution is -2.04. The summed E-state index contributed by atoms with van der Waals surface area (Å²) in [4.78, 5) is 15.5. The van der Waals surface area contributed by atoms with Crippen LogP contribution in [0.15, 0.2) is 22.6 Å². The molecule has 0 aliphatic rings. The molecule has 0 aliphatic carbocycles. The van der Waals surface area contributed by atoms with E-state index in [9.17, 15) is 4.79 Å². The molecule has 1 heterocycles. The van der Waals surface area contributed by atoms with Gasteiger partial charge >= 0.3 is 5.97 Å². The molecule has 0 atom stereocenters. The van der Waals surface area contributed by atoms with Crippen LogP contribution in [0.3, 0.4) is 0 Å². The van der Waals surface area contributed by atoms with E-state index in [1.807, 2.05) is 0 Å². The van der Waals surface area contributed by atoms with Gasteiger partial charge < -0.3 is 18.9 Å². The van der Waals surface area contributed by atoms with E-state index < -0.39 is 0 Å². The number of methoxy groups -OCH3 is 4. The Morgan fingerprint density at radius 2 is 1.88 bits per heavy atom. The fourth-order valence-corrected chi connectivity index (χ4v) is 2.66. The van der Waals surface area contributed by atoms with Crippen molar-refractivity contribution in [2.24, 2.45) is 5.10 Å². The SMILES string of the molecule is COC(=O)Cc1csc(N/N=C\c2cc(OC)c(OC)c(OC)c2)n1. The Morgan fingerprint density at radius 1 is 1.20 bits per heavy atom. The number of rotatable bonds is 8. The van der Waals surface area contributed by atoms with Crippen molar-refractivity contribution in [1.82, 2.24) is 4.98 Å². The summed E-state index contributed by atoms with van der Waals surface area (Å²) in [6, 6.07) is 3.55. The lowest BCUT2D eigenvalue weighted by Gasteiger charge is -2.12. The fraction of sp³-hybridized carbons (Fsp3) is 0.312. The molecule has 0 aliphatic heterocycles. The van der Waals surface area contributed by atoms with Gasteiger partial charge in [-0.1, -0.05) is 0 Å². The van der Waals surface area contributed by atoms with Crippen LogP contribution in [0, 0.1) is 0 Å². The molecule has 0 fully saturated rings. The van der Waals surface area contributed by atoms with Gasteiger partial charge in [-0.2, -0.15) is 5.10 Å². The third-order valence-electron chi connectivity index (χ3n) is 3.17. The van der Waals surface area contributed by atoms with Gasteiger partial charge in [-0.3, -0.25) is 10.2 Å². The molecule has 134 valence electrons. The molecule has 0 spiro atoms. The van der Waals surface area contributed by atoms with Crippen LogP contribution in [0.2, 0.25) is 0 Å². The van der Waals surface area contributed by atoms with E-state index in [2.05, 4.69) is 20.2 Å². The third-order valence-corrected chi connectivity index (χ3v) is 3.96. The van der Waals surface area contributed by atoms with Crippen molar-refractivity contribution in [1.29, 1.82) is 0 Å². The molecule has 1 N–H and O–H groups in total. The molecule has 0 bridgehead atoms. The standard InChI is InChI=1S/C16H19N3O5S/c1-21-12-5-10(6-13(22-2)15(12)24-4)8-17-19-16-18-11(9-25-16)7-14(20)23-3/h5-6,8-9H,7H2,1-4H3,(H,18,19)/b17-8-. The molecule has 0 amide bonds. The number of hydrazone groups is 1. The number of aromatic nitrogens is 1. The van der Waals surface area contributed by atoms with Gasteiger partial charge in [0.2, 0.25) is 10.9 Å². The van der Waals surface area contributed by atoms with Crippen molar-refractivity contribution >= 4 is 28.7 Å². The van der Waals surface area contributed by atoms with Gasteiger partial charge in [-0.05, 0) is 12.1 Å². The molecule has 0 radical (unpaired) electrons. The summed E-state index contributed by atoms with van der Waals surface area (Å²) >= 11 is 1.35. The topological polar surface area (TPSA) is 91.3 Å². The maximum absolute atomic E-state index is 11.2. The number of carbonyl (C=O) groups is 1. The largest absolute Gasteiger partial charge is 0.493 e. The molecule has 1 aromatic carbocycles. The Labute approximate surface area is 149 Å². The zero-order chi connectivity index (χ0) is 18.2. The lowest BCUT2D eigenvalue weighted by atomic mass is 10.2. The first-order valence-electron chi connectivity index (χ1n) is 7.21. The molecule has 9 heteroatoms. The van der Waals surface area contributed by atoms with Gasteiger partial charge in [0, 0.05) is 10.9 Å². The first-order valence-corrected chi connectivity index (χ1v) is 8.09. The fourth-order valence-electron chi connectivity index (χ4n) is 2.00. The molecular weight excluding hydrogens is 346 g/mol. The summed E-state index contributed by atoms with van der Waals surface area (Å²) < 4.78 is 20.5. The summed E-state index contributed by atoms with van der Waals surface area (Å²) in [6.45, 7) is 0. The zero-order valence-corrected chi connectivity index (χ0v) is 15.2. The van der Waals surface area contributed by atoms with Crippen LogP contribution in [-0.4, -0.2) is 45.6 Å². The average molecular weight is 365 g/mol. The number of esters is 1.